The van der Waals surface area contributed by atoms with E-state index in [9.17, 15) is 9.59 Å². The van der Waals surface area contributed by atoms with Crippen molar-refractivity contribution in [2.45, 2.75) is 27.2 Å². The molecule has 152 valence electrons. The number of methoxy groups -OCH3 is 1. The van der Waals surface area contributed by atoms with Gasteiger partial charge >= 0.3 is 0 Å². The number of likely N-dealkylation sites (tertiary alicyclic amines) is 1. The largest absolute Gasteiger partial charge is 0.494 e. The Hall–Kier alpha value is -2.34. The number of carbonyl (C=O) groups excluding carboxylic acids is 2. The van der Waals surface area contributed by atoms with Gasteiger partial charge in [0, 0.05) is 20.2 Å². The zero-order valence-electron chi connectivity index (χ0n) is 17.2. The maximum atomic E-state index is 13.2. The zero-order chi connectivity index (χ0) is 20.3. The molecule has 0 aromatic heterocycles. The lowest BCUT2D eigenvalue weighted by Crippen LogP contribution is -2.42. The Bertz CT molecular complexity index is 746. The number of nitrogens with zero attached hydrogens (tertiary/aromatic N) is 2. The molecule has 0 saturated carbocycles. The van der Waals surface area contributed by atoms with Gasteiger partial charge in [0.05, 0.1) is 25.3 Å². The summed E-state index contributed by atoms with van der Waals surface area (Å²) in [6.07, 6.45) is 1.14. The Kier molecular flexibility index (Phi) is 6.39. The minimum Gasteiger partial charge on any atom is -0.494 e. The van der Waals surface area contributed by atoms with E-state index in [1.807, 2.05) is 31.2 Å². The molecule has 1 fully saturated rings. The number of ether oxygens (including phenoxy) is 2. The summed E-state index contributed by atoms with van der Waals surface area (Å²) in [6.45, 7) is 9.08. The molecule has 2 aliphatic heterocycles. The number of carbonyl (C=O) groups is 2. The van der Waals surface area contributed by atoms with E-state index >= 15 is 0 Å². The molecule has 6 heteroatoms. The second-order valence-electron chi connectivity index (χ2n) is 7.79. The maximum absolute atomic E-state index is 13.2. The minimum atomic E-state index is -0.243. The molecule has 2 unspecified atom stereocenters. The average Bonchev–Trinajstić information content (AvgIpc) is 2.90. The van der Waals surface area contributed by atoms with Crippen molar-refractivity contribution in [2.75, 3.05) is 40.0 Å². The molecule has 0 spiro atoms. The molecule has 3 rings (SSSR count). The molecular weight excluding hydrogens is 356 g/mol. The van der Waals surface area contributed by atoms with Gasteiger partial charge in [-0.2, -0.15) is 0 Å². The molecule has 2 amide bonds. The van der Waals surface area contributed by atoms with Crippen LogP contribution in [0.3, 0.4) is 0 Å². The number of imide groups is 1. The number of benzene rings is 1. The van der Waals surface area contributed by atoms with Crippen LogP contribution in [0.1, 0.15) is 32.8 Å². The SMILES string of the molecule is CCOc1ccc(C2=C(N3CC(C)CC(C)C3)C(=O)N(CCOC)C2=O)cc1. The van der Waals surface area contributed by atoms with Gasteiger partial charge in [0.15, 0.2) is 0 Å². The first kappa shape index (κ1) is 20.4. The van der Waals surface area contributed by atoms with E-state index in [0.717, 1.165) is 30.8 Å². The van der Waals surface area contributed by atoms with Crippen LogP contribution in [-0.2, 0) is 14.3 Å². The fourth-order valence-electron chi connectivity index (χ4n) is 4.23. The monoisotopic (exact) mass is 386 g/mol. The molecule has 0 N–H and O–H groups in total. The number of piperidine rings is 1. The summed E-state index contributed by atoms with van der Waals surface area (Å²) in [5, 5.41) is 0. The Balaban J connectivity index is 2.01. The van der Waals surface area contributed by atoms with Crippen LogP contribution in [0.4, 0.5) is 0 Å². The summed E-state index contributed by atoms with van der Waals surface area (Å²) in [5.74, 6) is 1.25. The highest BCUT2D eigenvalue weighted by atomic mass is 16.5. The Morgan fingerprint density at radius 1 is 1.04 bits per heavy atom. The second kappa shape index (κ2) is 8.78. The molecule has 1 aromatic carbocycles. The van der Waals surface area contributed by atoms with Gasteiger partial charge in [-0.25, -0.2) is 0 Å². The van der Waals surface area contributed by atoms with Crippen LogP contribution in [0, 0.1) is 11.8 Å². The lowest BCUT2D eigenvalue weighted by atomic mass is 9.91. The smallest absolute Gasteiger partial charge is 0.277 e. The third-order valence-electron chi connectivity index (χ3n) is 5.30. The van der Waals surface area contributed by atoms with E-state index in [2.05, 4.69) is 18.7 Å². The molecule has 2 heterocycles. The van der Waals surface area contributed by atoms with Crippen molar-refractivity contribution in [2.24, 2.45) is 11.8 Å². The quantitative estimate of drug-likeness (QED) is 0.675. The van der Waals surface area contributed by atoms with E-state index in [1.54, 1.807) is 7.11 Å². The van der Waals surface area contributed by atoms with Gasteiger partial charge in [-0.05, 0) is 42.9 Å². The molecule has 2 atom stereocenters. The van der Waals surface area contributed by atoms with Gasteiger partial charge in [0.1, 0.15) is 11.4 Å². The molecular formula is C22H30N2O4. The van der Waals surface area contributed by atoms with Crippen LogP contribution in [-0.4, -0.2) is 61.6 Å². The van der Waals surface area contributed by atoms with Gasteiger partial charge in [-0.15, -0.1) is 0 Å². The molecule has 0 radical (unpaired) electrons. The number of hydrogen-bond acceptors (Lipinski definition) is 5. The third kappa shape index (κ3) is 4.07. The molecule has 6 nitrogen and oxygen atoms in total. The summed E-state index contributed by atoms with van der Waals surface area (Å²) < 4.78 is 10.6. The van der Waals surface area contributed by atoms with Gasteiger partial charge in [-0.1, -0.05) is 26.0 Å². The lowest BCUT2D eigenvalue weighted by Gasteiger charge is -2.37. The number of hydrogen-bond donors (Lipinski definition) is 0. The fourth-order valence-corrected chi connectivity index (χ4v) is 4.23. The minimum absolute atomic E-state index is 0.216. The molecule has 28 heavy (non-hydrogen) atoms. The summed E-state index contributed by atoms with van der Waals surface area (Å²) in [7, 11) is 1.57. The zero-order valence-corrected chi connectivity index (χ0v) is 17.2. The molecule has 1 saturated heterocycles. The molecule has 0 aliphatic carbocycles. The van der Waals surface area contributed by atoms with Gasteiger partial charge in [0.25, 0.3) is 11.8 Å². The van der Waals surface area contributed by atoms with E-state index in [4.69, 9.17) is 9.47 Å². The van der Waals surface area contributed by atoms with Crippen LogP contribution >= 0.6 is 0 Å². The highest BCUT2D eigenvalue weighted by molar-refractivity contribution is 6.35. The van der Waals surface area contributed by atoms with Crippen molar-refractivity contribution in [1.82, 2.24) is 9.80 Å². The van der Waals surface area contributed by atoms with Gasteiger partial charge in [0.2, 0.25) is 0 Å². The second-order valence-corrected chi connectivity index (χ2v) is 7.79. The Morgan fingerprint density at radius 2 is 1.68 bits per heavy atom. The number of amides is 2. The molecule has 0 bridgehead atoms. The van der Waals surface area contributed by atoms with Crippen molar-refractivity contribution < 1.29 is 19.1 Å². The number of rotatable bonds is 7. The molecule has 1 aromatic rings. The third-order valence-corrected chi connectivity index (χ3v) is 5.30. The van der Waals surface area contributed by atoms with Crippen molar-refractivity contribution in [3.8, 4) is 5.75 Å². The normalized spacial score (nSPS) is 23.0. The van der Waals surface area contributed by atoms with E-state index in [1.165, 1.54) is 4.90 Å². The van der Waals surface area contributed by atoms with Crippen molar-refractivity contribution >= 4 is 17.4 Å². The summed E-state index contributed by atoms with van der Waals surface area (Å²) in [4.78, 5) is 29.8. The van der Waals surface area contributed by atoms with Crippen LogP contribution in [0.2, 0.25) is 0 Å². The van der Waals surface area contributed by atoms with E-state index < -0.39 is 0 Å². The first-order valence-electron chi connectivity index (χ1n) is 10.0. The predicted molar refractivity (Wildman–Crippen MR) is 108 cm³/mol. The van der Waals surface area contributed by atoms with E-state index in [-0.39, 0.29) is 18.4 Å². The average molecular weight is 386 g/mol. The van der Waals surface area contributed by atoms with Crippen molar-refractivity contribution in [3.63, 3.8) is 0 Å². The topological polar surface area (TPSA) is 59.1 Å². The van der Waals surface area contributed by atoms with Crippen LogP contribution in [0.15, 0.2) is 30.0 Å². The first-order chi connectivity index (χ1) is 13.5. The van der Waals surface area contributed by atoms with Crippen LogP contribution in [0.25, 0.3) is 5.57 Å². The fraction of sp³-hybridized carbons (Fsp3) is 0.545. The standard InChI is InChI=1S/C22H30N2O4/c1-5-28-18-8-6-17(7-9-18)19-20(23-13-15(2)12-16(3)14-23)22(26)24(21(19)25)10-11-27-4/h6-9,15-16H,5,10-14H2,1-4H3. The lowest BCUT2D eigenvalue weighted by molar-refractivity contribution is -0.138. The highest BCUT2D eigenvalue weighted by Gasteiger charge is 2.42. The Morgan fingerprint density at radius 3 is 2.25 bits per heavy atom. The van der Waals surface area contributed by atoms with Gasteiger partial charge in [-0.3, -0.25) is 14.5 Å². The van der Waals surface area contributed by atoms with Crippen molar-refractivity contribution in [3.05, 3.63) is 35.5 Å². The summed E-state index contributed by atoms with van der Waals surface area (Å²) >= 11 is 0. The van der Waals surface area contributed by atoms with Crippen molar-refractivity contribution in [1.29, 1.82) is 0 Å². The van der Waals surface area contributed by atoms with E-state index in [0.29, 0.717) is 36.3 Å². The maximum Gasteiger partial charge on any atom is 0.277 e. The molecule has 2 aliphatic rings. The summed E-state index contributed by atoms with van der Waals surface area (Å²) in [6, 6.07) is 7.42. The predicted octanol–water partition coefficient (Wildman–Crippen LogP) is 2.79. The summed E-state index contributed by atoms with van der Waals surface area (Å²) in [5.41, 5.74) is 1.77. The highest BCUT2D eigenvalue weighted by Crippen LogP contribution is 2.35. The van der Waals surface area contributed by atoms with Crippen LogP contribution in [0.5, 0.6) is 5.75 Å². The van der Waals surface area contributed by atoms with Gasteiger partial charge < -0.3 is 14.4 Å². The Labute approximate surface area is 167 Å². The first-order valence-corrected chi connectivity index (χ1v) is 10.0. The van der Waals surface area contributed by atoms with Crippen LogP contribution < -0.4 is 4.74 Å².